The molecule has 20 heavy (non-hydrogen) atoms. The summed E-state index contributed by atoms with van der Waals surface area (Å²) in [5.74, 6) is 1.14. The molecule has 2 aromatic carbocycles. The van der Waals surface area contributed by atoms with Crippen LogP contribution in [0.4, 0.5) is 0 Å². The topological polar surface area (TPSA) is 68.2 Å². The van der Waals surface area contributed by atoms with Gasteiger partial charge in [0.2, 0.25) is 0 Å². The van der Waals surface area contributed by atoms with Gasteiger partial charge in [-0.15, -0.1) is 0 Å². The maximum Gasteiger partial charge on any atom is 0.492 e. The molecule has 0 radical (unpaired) electrons. The van der Waals surface area contributed by atoms with Gasteiger partial charge in [-0.25, -0.2) is 0 Å². The van der Waals surface area contributed by atoms with Crippen LogP contribution in [0, 0.1) is 6.92 Å². The van der Waals surface area contributed by atoms with Crippen molar-refractivity contribution in [3.8, 4) is 11.5 Å². The van der Waals surface area contributed by atoms with E-state index in [4.69, 9.17) is 14.2 Å². The second kappa shape index (κ2) is 6.13. The van der Waals surface area contributed by atoms with E-state index in [0.717, 1.165) is 22.1 Å². The largest absolute Gasteiger partial charge is 0.497 e. The number of benzene rings is 2. The maximum atomic E-state index is 9.55. The molecule has 0 aromatic heterocycles. The fraction of sp³-hybridized carbons (Fsp3) is 0.286. The number of hydrogen-bond donors (Lipinski definition) is 2. The van der Waals surface area contributed by atoms with Crippen LogP contribution in [0.25, 0.3) is 10.8 Å². The highest BCUT2D eigenvalue weighted by Gasteiger charge is 2.22. The van der Waals surface area contributed by atoms with Crippen molar-refractivity contribution in [1.29, 1.82) is 0 Å². The Bertz CT molecular complexity index is 612. The summed E-state index contributed by atoms with van der Waals surface area (Å²) in [5, 5.41) is 20.8. The van der Waals surface area contributed by atoms with E-state index in [9.17, 15) is 10.0 Å². The van der Waals surface area contributed by atoms with Crippen molar-refractivity contribution in [2.24, 2.45) is 0 Å². The third kappa shape index (κ3) is 2.72. The van der Waals surface area contributed by atoms with Gasteiger partial charge in [0.1, 0.15) is 11.5 Å². The Hall–Kier alpha value is -1.76. The van der Waals surface area contributed by atoms with Crippen LogP contribution < -0.4 is 14.9 Å². The van der Waals surface area contributed by atoms with Crippen LogP contribution in [0.15, 0.2) is 24.3 Å². The first-order valence-electron chi connectivity index (χ1n) is 6.17. The molecular weight excluding hydrogens is 259 g/mol. The van der Waals surface area contributed by atoms with Crippen LogP contribution in [0.3, 0.4) is 0 Å². The van der Waals surface area contributed by atoms with Crippen LogP contribution in [-0.2, 0) is 4.74 Å². The molecule has 0 heterocycles. The van der Waals surface area contributed by atoms with Gasteiger partial charge >= 0.3 is 7.12 Å². The minimum atomic E-state index is -1.60. The van der Waals surface area contributed by atoms with Crippen LogP contribution in [0.1, 0.15) is 5.56 Å². The number of fused-ring (bicyclic) bond motifs is 1. The maximum absolute atomic E-state index is 9.55. The molecule has 2 N–H and O–H groups in total. The first-order chi connectivity index (χ1) is 9.58. The Morgan fingerprint density at radius 2 is 1.90 bits per heavy atom. The molecule has 0 aliphatic rings. The zero-order valence-electron chi connectivity index (χ0n) is 11.7. The monoisotopic (exact) mass is 276 g/mol. The third-order valence-corrected chi connectivity index (χ3v) is 3.12. The molecule has 106 valence electrons. The second-order valence-corrected chi connectivity index (χ2v) is 4.45. The Kier molecular flexibility index (Phi) is 4.49. The molecule has 0 unspecified atom stereocenters. The van der Waals surface area contributed by atoms with Crippen molar-refractivity contribution in [1.82, 2.24) is 0 Å². The molecule has 0 aliphatic heterocycles. The van der Waals surface area contributed by atoms with Crippen molar-refractivity contribution in [3.05, 3.63) is 29.8 Å². The molecule has 0 amide bonds. The average molecular weight is 276 g/mol. The highest BCUT2D eigenvalue weighted by atomic mass is 16.7. The van der Waals surface area contributed by atoms with Crippen molar-refractivity contribution >= 4 is 23.4 Å². The molecule has 6 heteroatoms. The lowest BCUT2D eigenvalue weighted by atomic mass is 9.75. The zero-order valence-corrected chi connectivity index (χ0v) is 11.7. The minimum Gasteiger partial charge on any atom is -0.497 e. The number of hydrogen-bond acceptors (Lipinski definition) is 5. The molecule has 0 atom stereocenters. The fourth-order valence-corrected chi connectivity index (χ4v) is 2.22. The van der Waals surface area contributed by atoms with Crippen LogP contribution in [0.2, 0.25) is 0 Å². The minimum absolute atomic E-state index is 0.0320. The number of aryl methyl sites for hydroxylation is 1. The Morgan fingerprint density at radius 1 is 1.15 bits per heavy atom. The van der Waals surface area contributed by atoms with Crippen molar-refractivity contribution in [3.63, 3.8) is 0 Å². The van der Waals surface area contributed by atoms with Crippen LogP contribution >= 0.6 is 0 Å². The van der Waals surface area contributed by atoms with Crippen molar-refractivity contribution in [2.75, 3.05) is 21.0 Å². The van der Waals surface area contributed by atoms with E-state index in [1.807, 2.05) is 18.2 Å². The number of rotatable bonds is 5. The molecule has 0 spiro atoms. The normalized spacial score (nSPS) is 10.7. The molecule has 0 saturated carbocycles. The van der Waals surface area contributed by atoms with Gasteiger partial charge in [-0.1, -0.05) is 6.07 Å². The Balaban J connectivity index is 2.68. The summed E-state index contributed by atoms with van der Waals surface area (Å²) < 4.78 is 15.6. The van der Waals surface area contributed by atoms with Crippen LogP contribution in [-0.4, -0.2) is 38.2 Å². The highest BCUT2D eigenvalue weighted by Crippen LogP contribution is 2.29. The van der Waals surface area contributed by atoms with Gasteiger partial charge in [0.15, 0.2) is 6.79 Å². The van der Waals surface area contributed by atoms with Crippen molar-refractivity contribution in [2.45, 2.75) is 6.92 Å². The third-order valence-electron chi connectivity index (χ3n) is 3.12. The zero-order chi connectivity index (χ0) is 14.7. The molecule has 0 bridgehead atoms. The molecule has 2 rings (SSSR count). The van der Waals surface area contributed by atoms with Gasteiger partial charge < -0.3 is 24.3 Å². The summed E-state index contributed by atoms with van der Waals surface area (Å²) in [6.45, 7) is 1.83. The van der Waals surface area contributed by atoms with E-state index >= 15 is 0 Å². The molecule has 5 nitrogen and oxygen atoms in total. The lowest BCUT2D eigenvalue weighted by Gasteiger charge is -2.16. The number of methoxy groups -OCH3 is 2. The predicted octanol–water partition coefficient (Wildman–Crippen LogP) is 0.819. The van der Waals surface area contributed by atoms with E-state index in [1.165, 1.54) is 7.11 Å². The van der Waals surface area contributed by atoms with Crippen molar-refractivity contribution < 1.29 is 24.3 Å². The van der Waals surface area contributed by atoms with Gasteiger partial charge in [-0.2, -0.15) is 0 Å². The van der Waals surface area contributed by atoms with E-state index in [-0.39, 0.29) is 6.79 Å². The Labute approximate surface area is 117 Å². The summed E-state index contributed by atoms with van der Waals surface area (Å²) in [6, 6.07) is 7.36. The van der Waals surface area contributed by atoms with Gasteiger partial charge in [0.25, 0.3) is 0 Å². The summed E-state index contributed by atoms with van der Waals surface area (Å²) in [5.41, 5.74) is 1.08. The molecule has 0 aliphatic carbocycles. The van der Waals surface area contributed by atoms with Gasteiger partial charge in [0.05, 0.1) is 7.11 Å². The molecule has 2 aromatic rings. The summed E-state index contributed by atoms with van der Waals surface area (Å²) in [6.07, 6.45) is 0. The van der Waals surface area contributed by atoms with Gasteiger partial charge in [0, 0.05) is 18.0 Å². The predicted molar refractivity (Wildman–Crippen MR) is 77.6 cm³/mol. The Morgan fingerprint density at radius 3 is 2.50 bits per heavy atom. The fourth-order valence-electron chi connectivity index (χ4n) is 2.22. The number of ether oxygens (including phenoxy) is 3. The van der Waals surface area contributed by atoms with E-state index in [1.54, 1.807) is 20.1 Å². The summed E-state index contributed by atoms with van der Waals surface area (Å²) in [7, 11) is 1.51. The first-order valence-corrected chi connectivity index (χ1v) is 6.17. The quantitative estimate of drug-likeness (QED) is 0.625. The highest BCUT2D eigenvalue weighted by molar-refractivity contribution is 6.61. The summed E-state index contributed by atoms with van der Waals surface area (Å²) in [4.78, 5) is 0. The first kappa shape index (κ1) is 14.6. The van der Waals surface area contributed by atoms with Crippen LogP contribution in [0.5, 0.6) is 11.5 Å². The summed E-state index contributed by atoms with van der Waals surface area (Å²) >= 11 is 0. The van der Waals surface area contributed by atoms with E-state index < -0.39 is 7.12 Å². The lowest BCUT2D eigenvalue weighted by Crippen LogP contribution is -2.34. The smallest absolute Gasteiger partial charge is 0.492 e. The molecule has 0 saturated heterocycles. The van der Waals surface area contributed by atoms with E-state index in [0.29, 0.717) is 11.2 Å². The molecule has 0 fully saturated rings. The molecular formula is C14H17BO5. The second-order valence-electron chi connectivity index (χ2n) is 4.45. The van der Waals surface area contributed by atoms with Gasteiger partial charge in [-0.3, -0.25) is 0 Å². The lowest BCUT2D eigenvalue weighted by molar-refractivity contribution is 0.0528. The van der Waals surface area contributed by atoms with E-state index in [2.05, 4.69) is 0 Å². The SMILES string of the molecule is COCOc1c(B(O)O)c(C)cc2cc(OC)ccc12. The standard InChI is InChI=1S/C14H17BO5/c1-9-6-10-7-11(19-3)4-5-12(10)14(20-8-18-2)13(9)15(16)17/h4-7,16-17H,8H2,1-3H3. The average Bonchev–Trinajstić information content (AvgIpc) is 2.42. The van der Waals surface area contributed by atoms with Gasteiger partial charge in [-0.05, 0) is 36.1 Å².